The molecule has 4 amide bonds. The van der Waals surface area contributed by atoms with Crippen LogP contribution in [0.5, 0.6) is 0 Å². The third-order valence-electron chi connectivity index (χ3n) is 6.54. The average Bonchev–Trinajstić information content (AvgIpc) is 3.32. The molecule has 0 radical (unpaired) electrons. The monoisotopic (exact) mass is 423 g/mol. The van der Waals surface area contributed by atoms with E-state index in [1.54, 1.807) is 35.3 Å². The van der Waals surface area contributed by atoms with Crippen LogP contribution in [-0.4, -0.2) is 44.6 Å². The summed E-state index contributed by atoms with van der Waals surface area (Å²) in [7, 11) is 0. The Morgan fingerprint density at radius 3 is 2.55 bits per heavy atom. The molecule has 2 fully saturated rings. The third-order valence-corrected chi connectivity index (χ3v) is 6.54. The van der Waals surface area contributed by atoms with E-state index in [4.69, 9.17) is 0 Å². The van der Waals surface area contributed by atoms with Crippen LogP contribution in [0.25, 0.3) is 5.69 Å². The van der Waals surface area contributed by atoms with Crippen molar-refractivity contribution in [2.24, 2.45) is 11.3 Å². The van der Waals surface area contributed by atoms with Gasteiger partial charge in [-0.15, -0.1) is 0 Å². The Labute approximate surface area is 182 Å². The summed E-state index contributed by atoms with van der Waals surface area (Å²) in [5.74, 6) is -0.206. The fourth-order valence-corrected chi connectivity index (χ4v) is 4.66. The first kappa shape index (κ1) is 21.1. The molecule has 1 aliphatic heterocycles. The smallest absolute Gasteiger partial charge is 0.323 e. The molecule has 2 aliphatic rings. The van der Waals surface area contributed by atoms with Crippen LogP contribution in [0, 0.1) is 11.3 Å². The standard InChI is InChI=1S/C23H29N5O3/c1-22(2,3)16-9-11-23(12-10-16)20(30)27(21(31)26-23)15-19(29)25-17-7-4-5-8-18(17)28-14-6-13-24-28/h4-8,13-14,16H,9-12,15H2,1-3H3,(H,25,29)(H,26,31). The highest BCUT2D eigenvalue weighted by Crippen LogP contribution is 2.43. The minimum absolute atomic E-state index is 0.175. The fraction of sp³-hybridized carbons (Fsp3) is 0.478. The molecule has 8 nitrogen and oxygen atoms in total. The van der Waals surface area contributed by atoms with Gasteiger partial charge in [-0.1, -0.05) is 32.9 Å². The van der Waals surface area contributed by atoms with Crippen LogP contribution >= 0.6 is 0 Å². The summed E-state index contributed by atoms with van der Waals surface area (Å²) >= 11 is 0. The van der Waals surface area contributed by atoms with Crippen molar-refractivity contribution in [2.75, 3.05) is 11.9 Å². The molecular weight excluding hydrogens is 394 g/mol. The molecule has 1 aromatic carbocycles. The molecule has 0 bridgehead atoms. The summed E-state index contributed by atoms with van der Waals surface area (Å²) in [6.45, 7) is 6.32. The van der Waals surface area contributed by atoms with Gasteiger partial charge in [-0.25, -0.2) is 9.48 Å². The number of hydrogen-bond acceptors (Lipinski definition) is 4. The number of urea groups is 1. The zero-order valence-electron chi connectivity index (χ0n) is 18.2. The van der Waals surface area contributed by atoms with Gasteiger partial charge in [0.1, 0.15) is 12.1 Å². The number of carbonyl (C=O) groups is 3. The Morgan fingerprint density at radius 1 is 1.19 bits per heavy atom. The molecule has 1 aliphatic carbocycles. The van der Waals surface area contributed by atoms with Gasteiger partial charge in [-0.2, -0.15) is 5.10 Å². The van der Waals surface area contributed by atoms with Crippen molar-refractivity contribution in [3.63, 3.8) is 0 Å². The van der Waals surface area contributed by atoms with Gasteiger partial charge in [0.25, 0.3) is 5.91 Å². The quantitative estimate of drug-likeness (QED) is 0.737. The molecule has 4 rings (SSSR count). The molecule has 2 N–H and O–H groups in total. The molecule has 1 aromatic heterocycles. The van der Waals surface area contributed by atoms with E-state index in [-0.39, 0.29) is 17.9 Å². The van der Waals surface area contributed by atoms with Crippen LogP contribution in [0.15, 0.2) is 42.7 Å². The van der Waals surface area contributed by atoms with Crippen molar-refractivity contribution in [1.82, 2.24) is 20.0 Å². The van der Waals surface area contributed by atoms with Crippen LogP contribution < -0.4 is 10.6 Å². The highest BCUT2D eigenvalue weighted by atomic mass is 16.2. The maximum Gasteiger partial charge on any atom is 0.325 e. The summed E-state index contributed by atoms with van der Waals surface area (Å²) in [5.41, 5.74) is 0.569. The predicted octanol–water partition coefficient (Wildman–Crippen LogP) is 3.34. The number of amides is 4. The van der Waals surface area contributed by atoms with Gasteiger partial charge in [0.2, 0.25) is 5.91 Å². The number of hydrogen-bond donors (Lipinski definition) is 2. The second-order valence-corrected chi connectivity index (χ2v) is 9.56. The van der Waals surface area contributed by atoms with Crippen LogP contribution in [0.1, 0.15) is 46.5 Å². The zero-order valence-corrected chi connectivity index (χ0v) is 18.2. The van der Waals surface area contributed by atoms with Gasteiger partial charge in [0.05, 0.1) is 11.4 Å². The van der Waals surface area contributed by atoms with Gasteiger partial charge < -0.3 is 10.6 Å². The molecular formula is C23H29N5O3. The maximum absolute atomic E-state index is 13.1. The topological polar surface area (TPSA) is 96.3 Å². The van der Waals surface area contributed by atoms with Crippen LogP contribution in [0.4, 0.5) is 10.5 Å². The Bertz CT molecular complexity index is 985. The minimum atomic E-state index is -0.869. The van der Waals surface area contributed by atoms with Crippen LogP contribution in [-0.2, 0) is 9.59 Å². The summed E-state index contributed by atoms with van der Waals surface area (Å²) in [5, 5.41) is 9.90. The van der Waals surface area contributed by atoms with Gasteiger partial charge >= 0.3 is 6.03 Å². The molecule has 1 saturated carbocycles. The number of carbonyl (C=O) groups excluding carboxylic acids is 3. The Hall–Kier alpha value is -3.16. The lowest BCUT2D eigenvalue weighted by molar-refractivity contribution is -0.135. The second kappa shape index (κ2) is 7.83. The largest absolute Gasteiger partial charge is 0.325 e. The molecule has 2 heterocycles. The lowest BCUT2D eigenvalue weighted by Crippen LogP contribution is -2.51. The normalized spacial score (nSPS) is 23.8. The van der Waals surface area contributed by atoms with E-state index in [0.717, 1.165) is 17.7 Å². The number of anilines is 1. The molecule has 164 valence electrons. The van der Waals surface area contributed by atoms with E-state index < -0.39 is 17.5 Å². The highest BCUT2D eigenvalue weighted by Gasteiger charge is 2.53. The molecule has 8 heteroatoms. The predicted molar refractivity (Wildman–Crippen MR) is 117 cm³/mol. The van der Waals surface area contributed by atoms with Crippen LogP contribution in [0.2, 0.25) is 0 Å². The molecule has 0 atom stereocenters. The fourth-order valence-electron chi connectivity index (χ4n) is 4.66. The number of para-hydroxylation sites is 2. The van der Waals surface area contributed by atoms with Crippen molar-refractivity contribution in [2.45, 2.75) is 52.0 Å². The van der Waals surface area contributed by atoms with Crippen molar-refractivity contribution in [3.8, 4) is 5.69 Å². The molecule has 1 saturated heterocycles. The van der Waals surface area contributed by atoms with Gasteiger partial charge in [0, 0.05) is 12.4 Å². The third kappa shape index (κ3) is 4.06. The first-order valence-electron chi connectivity index (χ1n) is 10.7. The van der Waals surface area contributed by atoms with E-state index in [9.17, 15) is 14.4 Å². The average molecular weight is 424 g/mol. The number of nitrogens with one attached hydrogen (secondary N) is 2. The summed E-state index contributed by atoms with van der Waals surface area (Å²) in [6, 6.07) is 8.55. The maximum atomic E-state index is 13.1. The number of imide groups is 1. The Kier molecular flexibility index (Phi) is 5.33. The summed E-state index contributed by atoms with van der Waals surface area (Å²) in [4.78, 5) is 39.5. The second-order valence-electron chi connectivity index (χ2n) is 9.56. The summed E-state index contributed by atoms with van der Waals surface area (Å²) in [6.07, 6.45) is 6.42. The summed E-state index contributed by atoms with van der Waals surface area (Å²) < 4.78 is 1.64. The van der Waals surface area contributed by atoms with E-state index in [1.165, 1.54) is 0 Å². The van der Waals surface area contributed by atoms with E-state index in [0.29, 0.717) is 30.1 Å². The SMILES string of the molecule is CC(C)(C)C1CCC2(CC1)NC(=O)N(CC(=O)Nc1ccccc1-n1cccn1)C2=O. The molecule has 0 unspecified atom stereocenters. The lowest BCUT2D eigenvalue weighted by Gasteiger charge is -2.40. The first-order chi connectivity index (χ1) is 14.7. The van der Waals surface area contributed by atoms with Gasteiger partial charge in [0.15, 0.2) is 0 Å². The highest BCUT2D eigenvalue weighted by molar-refractivity contribution is 6.10. The van der Waals surface area contributed by atoms with E-state index in [2.05, 4.69) is 36.5 Å². The zero-order chi connectivity index (χ0) is 22.2. The Balaban J connectivity index is 1.43. The number of nitrogens with zero attached hydrogens (tertiary/aromatic N) is 3. The molecule has 2 aromatic rings. The van der Waals surface area contributed by atoms with E-state index >= 15 is 0 Å². The number of rotatable bonds is 4. The van der Waals surface area contributed by atoms with Crippen molar-refractivity contribution in [3.05, 3.63) is 42.7 Å². The van der Waals surface area contributed by atoms with Gasteiger partial charge in [-0.05, 0) is 55.2 Å². The minimum Gasteiger partial charge on any atom is -0.323 e. The first-order valence-corrected chi connectivity index (χ1v) is 10.7. The lowest BCUT2D eigenvalue weighted by atomic mass is 9.67. The molecule has 1 spiro atoms. The van der Waals surface area contributed by atoms with Crippen molar-refractivity contribution in [1.29, 1.82) is 0 Å². The molecule has 31 heavy (non-hydrogen) atoms. The van der Waals surface area contributed by atoms with Crippen molar-refractivity contribution >= 4 is 23.5 Å². The Morgan fingerprint density at radius 2 is 1.90 bits per heavy atom. The number of benzene rings is 1. The van der Waals surface area contributed by atoms with E-state index in [1.807, 2.05) is 12.1 Å². The van der Waals surface area contributed by atoms with Gasteiger partial charge in [-0.3, -0.25) is 14.5 Å². The van der Waals surface area contributed by atoms with Crippen LogP contribution in [0.3, 0.4) is 0 Å². The number of aromatic nitrogens is 2. The van der Waals surface area contributed by atoms with Crippen molar-refractivity contribution < 1.29 is 14.4 Å².